The average Bonchev–Trinajstić information content (AvgIpc) is 2.48. The van der Waals surface area contributed by atoms with Gasteiger partial charge in [-0.3, -0.25) is 9.36 Å². The predicted molar refractivity (Wildman–Crippen MR) is 81.6 cm³/mol. The van der Waals surface area contributed by atoms with E-state index in [1.807, 2.05) is 0 Å². The smallest absolute Gasteiger partial charge is 0.342 e. The highest BCUT2D eigenvalue weighted by atomic mass is 19.1. The molecule has 2 aromatic rings. The number of hydrogen-bond acceptors (Lipinski definition) is 4. The first-order chi connectivity index (χ1) is 10.7. The summed E-state index contributed by atoms with van der Waals surface area (Å²) in [6.45, 7) is 3.33. The number of hydrogen-bond donors (Lipinski definition) is 2. The Morgan fingerprint density at radius 3 is 2.30 bits per heavy atom. The molecule has 0 saturated heterocycles. The van der Waals surface area contributed by atoms with Crippen molar-refractivity contribution in [3.63, 3.8) is 0 Å². The Labute approximate surface area is 130 Å². The minimum absolute atomic E-state index is 0.0492. The first-order valence-corrected chi connectivity index (χ1v) is 6.77. The minimum Gasteiger partial charge on any atom is -0.477 e. The van der Waals surface area contributed by atoms with Crippen LogP contribution in [0.2, 0.25) is 0 Å². The Balaban J connectivity index is 2.90. The van der Waals surface area contributed by atoms with Gasteiger partial charge in [0.2, 0.25) is 0 Å². The SMILES string of the molecule is CC(C)(CN)n1cc(C(=O)O)c(=O)n(-c2ccc(F)cc2)c1=O. The van der Waals surface area contributed by atoms with Gasteiger partial charge >= 0.3 is 11.7 Å². The molecule has 0 atom stereocenters. The Morgan fingerprint density at radius 2 is 1.83 bits per heavy atom. The topological polar surface area (TPSA) is 107 Å². The Bertz CT molecular complexity index is 866. The second-order valence-electron chi connectivity index (χ2n) is 5.63. The van der Waals surface area contributed by atoms with Gasteiger partial charge in [-0.05, 0) is 38.1 Å². The van der Waals surface area contributed by atoms with Gasteiger partial charge in [-0.2, -0.15) is 0 Å². The normalized spacial score (nSPS) is 11.5. The number of carboxylic acids is 1. The Kier molecular flexibility index (Phi) is 4.20. The van der Waals surface area contributed by atoms with Gasteiger partial charge in [-0.15, -0.1) is 0 Å². The molecule has 23 heavy (non-hydrogen) atoms. The summed E-state index contributed by atoms with van der Waals surface area (Å²) >= 11 is 0. The quantitative estimate of drug-likeness (QED) is 0.854. The van der Waals surface area contributed by atoms with E-state index in [-0.39, 0.29) is 12.2 Å². The van der Waals surface area contributed by atoms with Crippen LogP contribution < -0.4 is 17.0 Å². The van der Waals surface area contributed by atoms with E-state index < -0.39 is 34.1 Å². The third kappa shape index (κ3) is 2.93. The molecule has 2 rings (SSSR count). The molecule has 0 aliphatic heterocycles. The van der Waals surface area contributed by atoms with Crippen LogP contribution in [0.3, 0.4) is 0 Å². The molecule has 1 aromatic heterocycles. The van der Waals surface area contributed by atoms with Crippen LogP contribution in [0.15, 0.2) is 40.1 Å². The second kappa shape index (κ2) is 5.81. The zero-order valence-electron chi connectivity index (χ0n) is 12.6. The van der Waals surface area contributed by atoms with Crippen LogP contribution in [0, 0.1) is 5.82 Å². The molecular weight excluding hydrogens is 305 g/mol. The molecule has 1 aromatic carbocycles. The number of aromatic nitrogens is 2. The summed E-state index contributed by atoms with van der Waals surface area (Å²) < 4.78 is 14.8. The fourth-order valence-corrected chi connectivity index (χ4v) is 2.05. The van der Waals surface area contributed by atoms with E-state index in [1.165, 1.54) is 12.1 Å². The zero-order chi connectivity index (χ0) is 17.4. The molecule has 0 aliphatic carbocycles. The lowest BCUT2D eigenvalue weighted by Crippen LogP contribution is -2.49. The van der Waals surface area contributed by atoms with E-state index in [9.17, 15) is 23.9 Å². The zero-order valence-corrected chi connectivity index (χ0v) is 12.6. The minimum atomic E-state index is -1.47. The molecule has 0 spiro atoms. The third-order valence-electron chi connectivity index (χ3n) is 3.56. The lowest BCUT2D eigenvalue weighted by Gasteiger charge is -2.26. The van der Waals surface area contributed by atoms with Crippen LogP contribution >= 0.6 is 0 Å². The third-order valence-corrected chi connectivity index (χ3v) is 3.56. The van der Waals surface area contributed by atoms with Crippen LogP contribution in [0.1, 0.15) is 24.2 Å². The van der Waals surface area contributed by atoms with Crippen LogP contribution in [-0.4, -0.2) is 26.8 Å². The first kappa shape index (κ1) is 16.6. The predicted octanol–water partition coefficient (Wildman–Crippen LogP) is 0.530. The molecular formula is C15H16FN3O4. The van der Waals surface area contributed by atoms with Crippen molar-refractivity contribution in [1.29, 1.82) is 0 Å². The summed E-state index contributed by atoms with van der Waals surface area (Å²) in [5, 5.41) is 9.21. The van der Waals surface area contributed by atoms with Crippen molar-refractivity contribution in [2.24, 2.45) is 5.73 Å². The average molecular weight is 321 g/mol. The van der Waals surface area contributed by atoms with Gasteiger partial charge < -0.3 is 10.8 Å². The van der Waals surface area contributed by atoms with Crippen molar-refractivity contribution in [1.82, 2.24) is 9.13 Å². The lowest BCUT2D eigenvalue weighted by molar-refractivity contribution is 0.0692. The lowest BCUT2D eigenvalue weighted by atomic mass is 10.1. The van der Waals surface area contributed by atoms with Crippen LogP contribution in [0.5, 0.6) is 0 Å². The molecule has 1 heterocycles. The van der Waals surface area contributed by atoms with Crippen molar-refractivity contribution in [2.45, 2.75) is 19.4 Å². The molecule has 0 bridgehead atoms. The summed E-state index contributed by atoms with van der Waals surface area (Å²) in [6.07, 6.45) is 0.986. The molecule has 3 N–H and O–H groups in total. The van der Waals surface area contributed by atoms with E-state index in [1.54, 1.807) is 13.8 Å². The second-order valence-corrected chi connectivity index (χ2v) is 5.63. The molecule has 8 heteroatoms. The Morgan fingerprint density at radius 1 is 1.26 bits per heavy atom. The number of aromatic carboxylic acids is 1. The van der Waals surface area contributed by atoms with E-state index in [0.717, 1.165) is 22.9 Å². The van der Waals surface area contributed by atoms with E-state index in [2.05, 4.69) is 0 Å². The highest BCUT2D eigenvalue weighted by Gasteiger charge is 2.25. The number of carboxylic acid groups (broad SMARTS) is 1. The summed E-state index contributed by atoms with van der Waals surface area (Å²) in [5.41, 5.74) is 2.50. The maximum Gasteiger partial charge on any atom is 0.342 e. The van der Waals surface area contributed by atoms with Crippen molar-refractivity contribution < 1.29 is 14.3 Å². The molecule has 0 fully saturated rings. The molecule has 0 unspecified atom stereocenters. The first-order valence-electron chi connectivity index (χ1n) is 6.77. The largest absolute Gasteiger partial charge is 0.477 e. The molecule has 0 aliphatic rings. The van der Waals surface area contributed by atoms with Crippen molar-refractivity contribution in [2.75, 3.05) is 6.54 Å². The monoisotopic (exact) mass is 321 g/mol. The van der Waals surface area contributed by atoms with Gasteiger partial charge in [0.15, 0.2) is 0 Å². The molecule has 0 radical (unpaired) electrons. The van der Waals surface area contributed by atoms with Crippen LogP contribution in [-0.2, 0) is 5.54 Å². The van der Waals surface area contributed by atoms with Gasteiger partial charge in [0, 0.05) is 12.7 Å². The standard InChI is InChI=1S/C15H16FN3O4/c1-15(2,8-17)18-7-11(13(21)22)12(20)19(14(18)23)10-5-3-9(16)4-6-10/h3-7H,8,17H2,1-2H3,(H,21,22). The van der Waals surface area contributed by atoms with E-state index >= 15 is 0 Å². The summed E-state index contributed by atoms with van der Waals surface area (Å²) in [4.78, 5) is 36.3. The van der Waals surface area contributed by atoms with Gasteiger partial charge in [0.05, 0.1) is 11.2 Å². The van der Waals surface area contributed by atoms with Gasteiger partial charge in [0.25, 0.3) is 5.56 Å². The number of halogens is 1. The highest BCUT2D eigenvalue weighted by molar-refractivity contribution is 5.86. The van der Waals surface area contributed by atoms with E-state index in [0.29, 0.717) is 4.57 Å². The van der Waals surface area contributed by atoms with Crippen LogP contribution in [0.25, 0.3) is 5.69 Å². The molecule has 122 valence electrons. The molecule has 0 saturated carbocycles. The fraction of sp³-hybridized carbons (Fsp3) is 0.267. The number of nitrogens with two attached hydrogens (primary N) is 1. The van der Waals surface area contributed by atoms with Gasteiger partial charge in [-0.1, -0.05) is 0 Å². The number of carbonyl (C=O) groups is 1. The van der Waals surface area contributed by atoms with Crippen molar-refractivity contribution in [3.8, 4) is 5.69 Å². The highest BCUT2D eigenvalue weighted by Crippen LogP contribution is 2.12. The van der Waals surface area contributed by atoms with Crippen molar-refractivity contribution >= 4 is 5.97 Å². The Hall–Kier alpha value is -2.74. The molecule has 7 nitrogen and oxygen atoms in total. The summed E-state index contributed by atoms with van der Waals surface area (Å²) in [6, 6.07) is 4.60. The van der Waals surface area contributed by atoms with Gasteiger partial charge in [0.1, 0.15) is 11.4 Å². The van der Waals surface area contributed by atoms with Gasteiger partial charge in [-0.25, -0.2) is 18.5 Å². The van der Waals surface area contributed by atoms with Crippen LogP contribution in [0.4, 0.5) is 4.39 Å². The maximum absolute atomic E-state index is 13.1. The van der Waals surface area contributed by atoms with E-state index in [4.69, 9.17) is 5.73 Å². The number of rotatable bonds is 4. The molecule has 0 amide bonds. The summed E-state index contributed by atoms with van der Waals surface area (Å²) in [7, 11) is 0. The maximum atomic E-state index is 13.1. The fourth-order valence-electron chi connectivity index (χ4n) is 2.05. The summed E-state index contributed by atoms with van der Waals surface area (Å²) in [5.74, 6) is -2.01. The number of nitrogens with zero attached hydrogens (tertiary/aromatic N) is 2. The number of benzene rings is 1. The van der Waals surface area contributed by atoms with Crippen molar-refractivity contribution in [3.05, 3.63) is 62.7 Å².